The van der Waals surface area contributed by atoms with Crippen LogP contribution in [0.4, 0.5) is 11.4 Å². The van der Waals surface area contributed by atoms with Crippen LogP contribution in [-0.4, -0.2) is 10.8 Å². The Morgan fingerprint density at radius 2 is 2.00 bits per heavy atom. The third kappa shape index (κ3) is 3.80. The Labute approximate surface area is 134 Å². The van der Waals surface area contributed by atoms with Crippen molar-refractivity contribution in [2.24, 2.45) is 0 Å². The van der Waals surface area contributed by atoms with Crippen LogP contribution in [0.3, 0.4) is 0 Å². The van der Waals surface area contributed by atoms with Crippen LogP contribution in [0.1, 0.15) is 15.9 Å². The van der Waals surface area contributed by atoms with E-state index in [2.05, 4.69) is 21.2 Å². The standard InChI is InChI=1S/C14H10BrClN2O3/c1-8-4-9(15)6-11(5-8)17-14(19)12-7-10(16)2-3-13(12)18(20)21/h2-7H,1H3,(H,17,19). The molecule has 0 atom stereocenters. The summed E-state index contributed by atoms with van der Waals surface area (Å²) in [6.45, 7) is 1.88. The van der Waals surface area contributed by atoms with Crippen molar-refractivity contribution in [2.75, 3.05) is 5.32 Å². The number of nitrogens with one attached hydrogen (secondary N) is 1. The van der Waals surface area contributed by atoms with E-state index in [-0.39, 0.29) is 16.3 Å². The number of hydrogen-bond acceptors (Lipinski definition) is 3. The molecule has 0 spiro atoms. The lowest BCUT2D eigenvalue weighted by Crippen LogP contribution is -2.14. The molecule has 0 unspecified atom stereocenters. The van der Waals surface area contributed by atoms with Gasteiger partial charge in [-0.3, -0.25) is 14.9 Å². The molecule has 1 amide bonds. The van der Waals surface area contributed by atoms with Crippen LogP contribution in [0, 0.1) is 17.0 Å². The summed E-state index contributed by atoms with van der Waals surface area (Å²) in [5.41, 5.74) is 1.12. The molecule has 0 aliphatic heterocycles. The number of nitrogens with zero attached hydrogens (tertiary/aromatic N) is 1. The summed E-state index contributed by atoms with van der Waals surface area (Å²) in [7, 11) is 0. The highest BCUT2D eigenvalue weighted by atomic mass is 79.9. The third-order valence-electron chi connectivity index (χ3n) is 2.70. The number of aryl methyl sites for hydroxylation is 1. The molecule has 2 aromatic carbocycles. The summed E-state index contributed by atoms with van der Waals surface area (Å²) in [6, 6.07) is 9.22. The topological polar surface area (TPSA) is 72.2 Å². The number of nitro benzene ring substituents is 1. The highest BCUT2D eigenvalue weighted by Gasteiger charge is 2.20. The van der Waals surface area contributed by atoms with Crippen LogP contribution in [0.25, 0.3) is 0 Å². The molecular formula is C14H10BrClN2O3. The van der Waals surface area contributed by atoms with Crippen molar-refractivity contribution in [1.29, 1.82) is 0 Å². The molecule has 0 fully saturated rings. The molecular weight excluding hydrogens is 360 g/mol. The van der Waals surface area contributed by atoms with Crippen molar-refractivity contribution in [3.63, 3.8) is 0 Å². The van der Waals surface area contributed by atoms with Crippen LogP contribution >= 0.6 is 27.5 Å². The number of amides is 1. The largest absolute Gasteiger partial charge is 0.322 e. The van der Waals surface area contributed by atoms with Gasteiger partial charge in [0.2, 0.25) is 0 Å². The zero-order chi connectivity index (χ0) is 15.6. The molecule has 108 valence electrons. The maximum absolute atomic E-state index is 12.2. The van der Waals surface area contributed by atoms with Gasteiger partial charge in [-0.05, 0) is 42.8 Å². The quantitative estimate of drug-likeness (QED) is 0.636. The Balaban J connectivity index is 2.36. The molecule has 0 aliphatic carbocycles. The van der Waals surface area contributed by atoms with Crippen molar-refractivity contribution in [3.8, 4) is 0 Å². The van der Waals surface area contributed by atoms with Gasteiger partial charge in [0.25, 0.3) is 11.6 Å². The van der Waals surface area contributed by atoms with Gasteiger partial charge >= 0.3 is 0 Å². The Morgan fingerprint density at radius 1 is 1.29 bits per heavy atom. The van der Waals surface area contributed by atoms with Crippen molar-refractivity contribution in [2.45, 2.75) is 6.92 Å². The number of carbonyl (C=O) groups is 1. The number of carbonyl (C=O) groups excluding carboxylic acids is 1. The van der Waals surface area contributed by atoms with Gasteiger partial charge in [-0.2, -0.15) is 0 Å². The second-order valence-corrected chi connectivity index (χ2v) is 5.74. The van der Waals surface area contributed by atoms with Crippen molar-refractivity contribution >= 4 is 44.8 Å². The lowest BCUT2D eigenvalue weighted by Gasteiger charge is -2.08. The van der Waals surface area contributed by atoms with Crippen LogP contribution in [-0.2, 0) is 0 Å². The lowest BCUT2D eigenvalue weighted by molar-refractivity contribution is -0.385. The third-order valence-corrected chi connectivity index (χ3v) is 3.39. The number of rotatable bonds is 3. The van der Waals surface area contributed by atoms with Gasteiger partial charge in [-0.1, -0.05) is 27.5 Å². The molecule has 0 bridgehead atoms. The van der Waals surface area contributed by atoms with Gasteiger partial charge in [0.15, 0.2) is 0 Å². The van der Waals surface area contributed by atoms with Gasteiger partial charge in [-0.15, -0.1) is 0 Å². The smallest absolute Gasteiger partial charge is 0.282 e. The van der Waals surface area contributed by atoms with E-state index >= 15 is 0 Å². The van der Waals surface area contributed by atoms with E-state index in [1.165, 1.54) is 18.2 Å². The minimum absolute atomic E-state index is 0.0786. The Morgan fingerprint density at radius 3 is 2.62 bits per heavy atom. The SMILES string of the molecule is Cc1cc(Br)cc(NC(=O)c2cc(Cl)ccc2[N+](=O)[O-])c1. The molecule has 0 aromatic heterocycles. The van der Waals surface area contributed by atoms with Gasteiger partial charge in [-0.25, -0.2) is 0 Å². The Kier molecular flexibility index (Phi) is 4.59. The molecule has 7 heteroatoms. The predicted molar refractivity (Wildman–Crippen MR) is 84.9 cm³/mol. The minimum Gasteiger partial charge on any atom is -0.322 e. The number of benzene rings is 2. The van der Waals surface area contributed by atoms with Crippen LogP contribution in [0.2, 0.25) is 5.02 Å². The highest BCUT2D eigenvalue weighted by molar-refractivity contribution is 9.10. The molecule has 5 nitrogen and oxygen atoms in total. The van der Waals surface area contributed by atoms with E-state index in [9.17, 15) is 14.9 Å². The number of nitro groups is 1. The van der Waals surface area contributed by atoms with Gasteiger partial charge in [0.1, 0.15) is 5.56 Å². The average molecular weight is 370 g/mol. The van der Waals surface area contributed by atoms with Gasteiger partial charge in [0.05, 0.1) is 4.92 Å². The molecule has 2 aromatic rings. The first kappa shape index (κ1) is 15.5. The molecule has 0 saturated heterocycles. The second kappa shape index (κ2) is 6.24. The fourth-order valence-corrected chi connectivity index (χ4v) is 2.64. The second-order valence-electron chi connectivity index (χ2n) is 4.39. The van der Waals surface area contributed by atoms with E-state index in [0.717, 1.165) is 10.0 Å². The zero-order valence-corrected chi connectivity index (χ0v) is 13.2. The average Bonchev–Trinajstić information content (AvgIpc) is 2.36. The summed E-state index contributed by atoms with van der Waals surface area (Å²) < 4.78 is 0.804. The number of halogens is 2. The van der Waals surface area contributed by atoms with Crippen LogP contribution in [0.15, 0.2) is 40.9 Å². The molecule has 2 rings (SSSR count). The predicted octanol–water partition coefficient (Wildman–Crippen LogP) is 4.57. The molecule has 0 heterocycles. The maximum atomic E-state index is 12.2. The Hall–Kier alpha value is -1.92. The fourth-order valence-electron chi connectivity index (χ4n) is 1.86. The van der Waals surface area contributed by atoms with E-state index in [0.29, 0.717) is 5.69 Å². The summed E-state index contributed by atoms with van der Waals surface area (Å²) in [5.74, 6) is -0.582. The molecule has 0 radical (unpaired) electrons. The first-order valence-electron chi connectivity index (χ1n) is 5.89. The fraction of sp³-hybridized carbons (Fsp3) is 0.0714. The molecule has 0 saturated carbocycles. The van der Waals surface area contributed by atoms with Crippen molar-refractivity contribution in [3.05, 3.63) is 67.1 Å². The highest BCUT2D eigenvalue weighted by Crippen LogP contribution is 2.25. The first-order chi connectivity index (χ1) is 9.86. The van der Waals surface area contributed by atoms with Gasteiger partial charge in [0, 0.05) is 21.2 Å². The molecule has 21 heavy (non-hydrogen) atoms. The van der Waals surface area contributed by atoms with Crippen LogP contribution < -0.4 is 5.32 Å². The monoisotopic (exact) mass is 368 g/mol. The lowest BCUT2D eigenvalue weighted by atomic mass is 10.1. The van der Waals surface area contributed by atoms with Crippen molar-refractivity contribution < 1.29 is 9.72 Å². The minimum atomic E-state index is -0.614. The van der Waals surface area contributed by atoms with E-state index in [1.54, 1.807) is 12.1 Å². The number of anilines is 1. The maximum Gasteiger partial charge on any atom is 0.282 e. The van der Waals surface area contributed by atoms with Gasteiger partial charge < -0.3 is 5.32 Å². The zero-order valence-electron chi connectivity index (χ0n) is 10.9. The number of hydrogen-bond donors (Lipinski definition) is 1. The van der Waals surface area contributed by atoms with Crippen molar-refractivity contribution in [1.82, 2.24) is 0 Å². The van der Waals surface area contributed by atoms with Crippen LogP contribution in [0.5, 0.6) is 0 Å². The summed E-state index contributed by atoms with van der Waals surface area (Å²) >= 11 is 9.14. The van der Waals surface area contributed by atoms with E-state index in [4.69, 9.17) is 11.6 Å². The first-order valence-corrected chi connectivity index (χ1v) is 7.06. The molecule has 0 aliphatic rings. The summed E-state index contributed by atoms with van der Waals surface area (Å²) in [5, 5.41) is 13.9. The van der Waals surface area contributed by atoms with E-state index < -0.39 is 10.8 Å². The Bertz CT molecular complexity index is 714. The van der Waals surface area contributed by atoms with E-state index in [1.807, 2.05) is 13.0 Å². The summed E-state index contributed by atoms with van der Waals surface area (Å²) in [4.78, 5) is 22.6. The normalized spacial score (nSPS) is 10.2. The summed E-state index contributed by atoms with van der Waals surface area (Å²) in [6.07, 6.45) is 0. The molecule has 1 N–H and O–H groups in total.